The summed E-state index contributed by atoms with van der Waals surface area (Å²) in [6.07, 6.45) is 8.61. The van der Waals surface area contributed by atoms with Crippen LogP contribution in [0.15, 0.2) is 24.8 Å². The monoisotopic (exact) mass is 189 g/mol. The molecule has 3 rings (SSSR count). The molecule has 4 heteroatoms. The predicted octanol–water partition coefficient (Wildman–Crippen LogP) is 1.23. The predicted molar refractivity (Wildman–Crippen MR) is 51.2 cm³/mol. The molecule has 0 spiro atoms. The highest BCUT2D eigenvalue weighted by molar-refractivity contribution is 5.37. The van der Waals surface area contributed by atoms with Gasteiger partial charge in [-0.1, -0.05) is 0 Å². The van der Waals surface area contributed by atoms with Crippen molar-refractivity contribution in [1.29, 1.82) is 0 Å². The number of ether oxygens (including phenoxy) is 1. The van der Waals surface area contributed by atoms with E-state index in [1.54, 1.807) is 12.4 Å². The Morgan fingerprint density at radius 3 is 3.29 bits per heavy atom. The average Bonchev–Trinajstić information content (AvgIpc) is 2.86. The second-order valence-corrected chi connectivity index (χ2v) is 3.57. The summed E-state index contributed by atoms with van der Waals surface area (Å²) in [5, 5.41) is 0. The van der Waals surface area contributed by atoms with Crippen LogP contribution in [0.5, 0.6) is 0 Å². The molecule has 4 nitrogen and oxygen atoms in total. The van der Waals surface area contributed by atoms with E-state index >= 15 is 0 Å². The van der Waals surface area contributed by atoms with E-state index in [9.17, 15) is 0 Å². The molecule has 0 amide bonds. The van der Waals surface area contributed by atoms with E-state index in [2.05, 4.69) is 16.2 Å². The molecule has 14 heavy (non-hydrogen) atoms. The van der Waals surface area contributed by atoms with Crippen molar-refractivity contribution in [2.24, 2.45) is 0 Å². The van der Waals surface area contributed by atoms with Crippen LogP contribution in [0, 0.1) is 0 Å². The quantitative estimate of drug-likeness (QED) is 0.677. The standard InChI is InChI=1S/C10H11N3O/c1-4-14-7-8(1)9-6-13-3-2-11-5-10(13)12-9/h2-3,5-6,8H,1,4,7H2. The molecule has 0 aromatic carbocycles. The summed E-state index contributed by atoms with van der Waals surface area (Å²) in [5.74, 6) is 0.467. The van der Waals surface area contributed by atoms with Gasteiger partial charge in [0.25, 0.3) is 0 Å². The first-order chi connectivity index (χ1) is 6.93. The highest BCUT2D eigenvalue weighted by atomic mass is 16.5. The minimum absolute atomic E-state index is 0.467. The van der Waals surface area contributed by atoms with Crippen molar-refractivity contribution < 1.29 is 4.74 Å². The lowest BCUT2D eigenvalue weighted by atomic mass is 10.1. The Hall–Kier alpha value is -1.42. The fourth-order valence-corrected chi connectivity index (χ4v) is 1.83. The number of nitrogens with zero attached hydrogens (tertiary/aromatic N) is 3. The Bertz CT molecular complexity index is 412. The third-order valence-corrected chi connectivity index (χ3v) is 2.63. The molecule has 0 bridgehead atoms. The summed E-state index contributed by atoms with van der Waals surface area (Å²) < 4.78 is 7.34. The Morgan fingerprint density at radius 2 is 2.50 bits per heavy atom. The molecule has 0 radical (unpaired) electrons. The molecule has 1 unspecified atom stereocenters. The van der Waals surface area contributed by atoms with Gasteiger partial charge in [0.2, 0.25) is 0 Å². The topological polar surface area (TPSA) is 39.4 Å². The summed E-state index contributed by atoms with van der Waals surface area (Å²) in [4.78, 5) is 8.55. The van der Waals surface area contributed by atoms with Crippen LogP contribution in [0.2, 0.25) is 0 Å². The van der Waals surface area contributed by atoms with Gasteiger partial charge in [-0.15, -0.1) is 0 Å². The van der Waals surface area contributed by atoms with E-state index in [1.807, 2.05) is 10.6 Å². The van der Waals surface area contributed by atoms with E-state index in [0.717, 1.165) is 31.0 Å². The molecular formula is C10H11N3O. The van der Waals surface area contributed by atoms with Crippen LogP contribution in [0.4, 0.5) is 0 Å². The third kappa shape index (κ3) is 1.19. The van der Waals surface area contributed by atoms with Crippen molar-refractivity contribution in [2.75, 3.05) is 13.2 Å². The van der Waals surface area contributed by atoms with Crippen LogP contribution >= 0.6 is 0 Å². The molecule has 2 aromatic rings. The van der Waals surface area contributed by atoms with Gasteiger partial charge in [-0.05, 0) is 6.42 Å². The first kappa shape index (κ1) is 7.94. The Kier molecular flexibility index (Phi) is 1.73. The van der Waals surface area contributed by atoms with Gasteiger partial charge in [0.05, 0.1) is 18.5 Å². The van der Waals surface area contributed by atoms with Gasteiger partial charge >= 0.3 is 0 Å². The van der Waals surface area contributed by atoms with Crippen molar-refractivity contribution in [3.05, 3.63) is 30.5 Å². The van der Waals surface area contributed by atoms with E-state index in [1.165, 1.54) is 0 Å². The number of fused-ring (bicyclic) bond motifs is 1. The van der Waals surface area contributed by atoms with Crippen molar-refractivity contribution in [3.63, 3.8) is 0 Å². The van der Waals surface area contributed by atoms with E-state index in [-0.39, 0.29) is 0 Å². The number of rotatable bonds is 1. The molecule has 3 heterocycles. The molecular weight excluding hydrogens is 178 g/mol. The van der Waals surface area contributed by atoms with Crippen LogP contribution in [0.25, 0.3) is 5.65 Å². The lowest BCUT2D eigenvalue weighted by Crippen LogP contribution is -1.96. The van der Waals surface area contributed by atoms with Gasteiger partial charge in [0.15, 0.2) is 5.65 Å². The number of aromatic nitrogens is 3. The summed E-state index contributed by atoms with van der Waals surface area (Å²) in [6.45, 7) is 1.66. The highest BCUT2D eigenvalue weighted by Crippen LogP contribution is 2.24. The zero-order valence-corrected chi connectivity index (χ0v) is 7.76. The van der Waals surface area contributed by atoms with E-state index in [4.69, 9.17) is 4.74 Å². The zero-order chi connectivity index (χ0) is 9.38. The fraction of sp³-hybridized carbons (Fsp3) is 0.400. The van der Waals surface area contributed by atoms with Crippen molar-refractivity contribution in [1.82, 2.24) is 14.4 Å². The molecule has 1 aliphatic heterocycles. The van der Waals surface area contributed by atoms with Crippen LogP contribution in [0.1, 0.15) is 18.0 Å². The molecule has 1 aliphatic rings. The number of imidazole rings is 1. The zero-order valence-electron chi connectivity index (χ0n) is 7.76. The first-order valence-electron chi connectivity index (χ1n) is 4.80. The maximum absolute atomic E-state index is 5.34. The van der Waals surface area contributed by atoms with Crippen molar-refractivity contribution >= 4 is 5.65 Å². The Balaban J connectivity index is 2.05. The minimum atomic E-state index is 0.467. The first-order valence-corrected chi connectivity index (χ1v) is 4.80. The van der Waals surface area contributed by atoms with E-state index in [0.29, 0.717) is 5.92 Å². The molecule has 1 atom stereocenters. The molecule has 0 N–H and O–H groups in total. The van der Waals surface area contributed by atoms with Crippen LogP contribution in [0.3, 0.4) is 0 Å². The SMILES string of the molecule is c1cn2cc(C3CCOC3)nc2cn1. The number of hydrogen-bond donors (Lipinski definition) is 0. The smallest absolute Gasteiger partial charge is 0.155 e. The van der Waals surface area contributed by atoms with E-state index < -0.39 is 0 Å². The maximum Gasteiger partial charge on any atom is 0.155 e. The Morgan fingerprint density at radius 1 is 1.50 bits per heavy atom. The lowest BCUT2D eigenvalue weighted by molar-refractivity contribution is 0.193. The van der Waals surface area contributed by atoms with Crippen LogP contribution < -0.4 is 0 Å². The van der Waals surface area contributed by atoms with Gasteiger partial charge in [-0.25, -0.2) is 4.98 Å². The van der Waals surface area contributed by atoms with Crippen molar-refractivity contribution in [3.8, 4) is 0 Å². The second kappa shape index (κ2) is 3.06. The average molecular weight is 189 g/mol. The lowest BCUT2D eigenvalue weighted by Gasteiger charge is -2.00. The third-order valence-electron chi connectivity index (χ3n) is 2.63. The maximum atomic E-state index is 5.34. The van der Waals surface area contributed by atoms with Gasteiger partial charge in [-0.3, -0.25) is 4.98 Å². The van der Waals surface area contributed by atoms with Gasteiger partial charge in [0.1, 0.15) is 0 Å². The largest absolute Gasteiger partial charge is 0.381 e. The summed E-state index contributed by atoms with van der Waals surface area (Å²) >= 11 is 0. The highest BCUT2D eigenvalue weighted by Gasteiger charge is 2.20. The molecule has 2 aromatic heterocycles. The number of hydrogen-bond acceptors (Lipinski definition) is 3. The second-order valence-electron chi connectivity index (χ2n) is 3.57. The van der Waals surface area contributed by atoms with Gasteiger partial charge in [-0.2, -0.15) is 0 Å². The van der Waals surface area contributed by atoms with Crippen molar-refractivity contribution in [2.45, 2.75) is 12.3 Å². The van der Waals surface area contributed by atoms with Crippen LogP contribution in [-0.2, 0) is 4.74 Å². The molecule has 0 saturated carbocycles. The Labute approximate surface area is 81.6 Å². The normalized spacial score (nSPS) is 21.9. The van der Waals surface area contributed by atoms with Gasteiger partial charge < -0.3 is 9.14 Å². The van der Waals surface area contributed by atoms with Crippen LogP contribution in [-0.4, -0.2) is 27.6 Å². The summed E-state index contributed by atoms with van der Waals surface area (Å²) in [7, 11) is 0. The van der Waals surface area contributed by atoms with Gasteiger partial charge in [0, 0.05) is 31.1 Å². The fourth-order valence-electron chi connectivity index (χ4n) is 1.83. The molecule has 72 valence electrons. The summed E-state index contributed by atoms with van der Waals surface area (Å²) in [6, 6.07) is 0. The minimum Gasteiger partial charge on any atom is -0.381 e. The molecule has 0 aliphatic carbocycles. The summed E-state index contributed by atoms with van der Waals surface area (Å²) in [5.41, 5.74) is 2.03. The molecule has 1 saturated heterocycles. The molecule has 1 fully saturated rings.